The Morgan fingerprint density at radius 3 is 2.75 bits per heavy atom. The third-order valence-corrected chi connectivity index (χ3v) is 2.57. The summed E-state index contributed by atoms with van der Waals surface area (Å²) in [6, 6.07) is 5.10. The molecule has 0 saturated carbocycles. The number of anilines is 1. The van der Waals surface area contributed by atoms with Crippen LogP contribution in [0, 0.1) is 17.0 Å². The highest BCUT2D eigenvalue weighted by atomic mass is 16.6. The Morgan fingerprint density at radius 2 is 2.25 bits per heavy atom. The zero-order valence-electron chi connectivity index (χ0n) is 9.56. The van der Waals surface area contributed by atoms with Crippen LogP contribution in [0.1, 0.15) is 18.9 Å². The van der Waals surface area contributed by atoms with Crippen molar-refractivity contribution in [1.29, 1.82) is 0 Å². The molecule has 0 aliphatic rings. The van der Waals surface area contributed by atoms with Gasteiger partial charge in [-0.05, 0) is 18.9 Å². The summed E-state index contributed by atoms with van der Waals surface area (Å²) in [7, 11) is 0. The van der Waals surface area contributed by atoms with Gasteiger partial charge in [0.15, 0.2) is 0 Å². The van der Waals surface area contributed by atoms with Crippen LogP contribution >= 0.6 is 0 Å². The maximum atomic E-state index is 10.9. The molecular formula is C11H17N3O2. The normalized spacial score (nSPS) is 12.2. The minimum Gasteiger partial charge on any atom is -0.375 e. The number of hydrogen-bond donors (Lipinski definition) is 2. The maximum absolute atomic E-state index is 10.9. The summed E-state index contributed by atoms with van der Waals surface area (Å²) < 4.78 is 0. The lowest BCUT2D eigenvalue weighted by Crippen LogP contribution is -2.28. The van der Waals surface area contributed by atoms with Crippen molar-refractivity contribution in [2.24, 2.45) is 5.73 Å². The van der Waals surface area contributed by atoms with Crippen LogP contribution in [0.2, 0.25) is 0 Å². The fourth-order valence-corrected chi connectivity index (χ4v) is 1.52. The summed E-state index contributed by atoms with van der Waals surface area (Å²) in [4.78, 5) is 10.5. The van der Waals surface area contributed by atoms with Crippen molar-refractivity contribution >= 4 is 11.4 Å². The number of para-hydroxylation sites is 1. The first-order chi connectivity index (χ1) is 7.60. The predicted molar refractivity (Wildman–Crippen MR) is 64.6 cm³/mol. The highest BCUT2D eigenvalue weighted by molar-refractivity contribution is 5.66. The number of nitrogens with one attached hydrogen (secondary N) is 1. The first kappa shape index (κ1) is 12.4. The fraction of sp³-hybridized carbons (Fsp3) is 0.455. The minimum absolute atomic E-state index is 0.0693. The van der Waals surface area contributed by atoms with Gasteiger partial charge in [0.1, 0.15) is 5.69 Å². The van der Waals surface area contributed by atoms with Crippen LogP contribution in [0.15, 0.2) is 18.2 Å². The Bertz CT molecular complexity index is 375. The van der Waals surface area contributed by atoms with E-state index >= 15 is 0 Å². The molecule has 3 N–H and O–H groups in total. The molecule has 0 fully saturated rings. The molecule has 0 heterocycles. The number of nitrogens with two attached hydrogens (primary N) is 1. The molecule has 0 aliphatic carbocycles. The molecule has 5 heteroatoms. The molecule has 0 amide bonds. The molecular weight excluding hydrogens is 206 g/mol. The number of aryl methyl sites for hydroxylation is 1. The van der Waals surface area contributed by atoms with E-state index in [0.29, 0.717) is 12.2 Å². The van der Waals surface area contributed by atoms with E-state index in [-0.39, 0.29) is 16.7 Å². The molecule has 0 saturated heterocycles. The molecule has 5 nitrogen and oxygen atoms in total. The lowest BCUT2D eigenvalue weighted by Gasteiger charge is -2.17. The molecule has 0 aliphatic heterocycles. The summed E-state index contributed by atoms with van der Waals surface area (Å²) in [5, 5.41) is 14.0. The van der Waals surface area contributed by atoms with Gasteiger partial charge < -0.3 is 11.1 Å². The van der Waals surface area contributed by atoms with Crippen LogP contribution in [0.25, 0.3) is 0 Å². The second kappa shape index (κ2) is 5.46. The van der Waals surface area contributed by atoms with Gasteiger partial charge in [-0.25, -0.2) is 0 Å². The van der Waals surface area contributed by atoms with Crippen molar-refractivity contribution in [3.63, 3.8) is 0 Å². The molecule has 1 aromatic rings. The Labute approximate surface area is 94.8 Å². The second-order valence-electron chi connectivity index (χ2n) is 3.71. The second-order valence-corrected chi connectivity index (χ2v) is 3.71. The SMILES string of the molecule is CCC(CN)Nc1c(C)cccc1[N+](=O)[O-]. The predicted octanol–water partition coefficient (Wildman–Crippen LogP) is 2.05. The van der Waals surface area contributed by atoms with Gasteiger partial charge in [-0.15, -0.1) is 0 Å². The van der Waals surface area contributed by atoms with Crippen molar-refractivity contribution < 1.29 is 4.92 Å². The van der Waals surface area contributed by atoms with E-state index < -0.39 is 0 Å². The first-order valence-electron chi connectivity index (χ1n) is 5.30. The van der Waals surface area contributed by atoms with E-state index in [0.717, 1.165) is 12.0 Å². The quantitative estimate of drug-likeness (QED) is 0.591. The molecule has 1 rings (SSSR count). The van der Waals surface area contributed by atoms with Crippen LogP contribution in [-0.2, 0) is 0 Å². The molecule has 1 unspecified atom stereocenters. The number of nitrogens with zero attached hydrogens (tertiary/aromatic N) is 1. The lowest BCUT2D eigenvalue weighted by atomic mass is 10.1. The van der Waals surface area contributed by atoms with Gasteiger partial charge in [0.25, 0.3) is 5.69 Å². The van der Waals surface area contributed by atoms with Crippen molar-refractivity contribution in [3.8, 4) is 0 Å². The molecule has 1 atom stereocenters. The smallest absolute Gasteiger partial charge is 0.292 e. The van der Waals surface area contributed by atoms with E-state index in [1.807, 2.05) is 19.9 Å². The highest BCUT2D eigenvalue weighted by Crippen LogP contribution is 2.28. The highest BCUT2D eigenvalue weighted by Gasteiger charge is 2.17. The summed E-state index contributed by atoms with van der Waals surface area (Å²) in [5.41, 5.74) is 7.11. The molecule has 0 radical (unpaired) electrons. The molecule has 16 heavy (non-hydrogen) atoms. The van der Waals surface area contributed by atoms with Gasteiger partial charge in [0, 0.05) is 18.7 Å². The third-order valence-electron chi connectivity index (χ3n) is 2.57. The lowest BCUT2D eigenvalue weighted by molar-refractivity contribution is -0.384. The summed E-state index contributed by atoms with van der Waals surface area (Å²) in [5.74, 6) is 0. The van der Waals surface area contributed by atoms with Crippen LogP contribution in [0.5, 0.6) is 0 Å². The number of nitro benzene ring substituents is 1. The standard InChI is InChI=1S/C11H17N3O2/c1-3-9(7-12)13-11-8(2)5-4-6-10(11)14(15)16/h4-6,9,13H,3,7,12H2,1-2H3. The monoisotopic (exact) mass is 223 g/mol. The average molecular weight is 223 g/mol. The molecule has 88 valence electrons. The van der Waals surface area contributed by atoms with Gasteiger partial charge in [-0.1, -0.05) is 19.1 Å². The summed E-state index contributed by atoms with van der Waals surface area (Å²) in [6.07, 6.45) is 0.835. The van der Waals surface area contributed by atoms with Crippen molar-refractivity contribution in [1.82, 2.24) is 0 Å². The molecule has 0 bridgehead atoms. The Morgan fingerprint density at radius 1 is 1.56 bits per heavy atom. The summed E-state index contributed by atoms with van der Waals surface area (Å²) >= 11 is 0. The van der Waals surface area contributed by atoms with E-state index in [1.165, 1.54) is 6.07 Å². The number of benzene rings is 1. The van der Waals surface area contributed by atoms with Crippen molar-refractivity contribution in [3.05, 3.63) is 33.9 Å². The number of hydrogen-bond acceptors (Lipinski definition) is 4. The first-order valence-corrected chi connectivity index (χ1v) is 5.30. The molecule has 0 spiro atoms. The summed E-state index contributed by atoms with van der Waals surface area (Å²) in [6.45, 7) is 4.30. The van der Waals surface area contributed by atoms with Gasteiger partial charge in [0.05, 0.1) is 4.92 Å². The van der Waals surface area contributed by atoms with E-state index in [9.17, 15) is 10.1 Å². The van der Waals surface area contributed by atoms with Crippen molar-refractivity contribution in [2.45, 2.75) is 26.3 Å². The topological polar surface area (TPSA) is 81.2 Å². The number of nitro groups is 1. The number of rotatable bonds is 5. The largest absolute Gasteiger partial charge is 0.375 e. The average Bonchev–Trinajstić information content (AvgIpc) is 2.27. The Hall–Kier alpha value is -1.62. The third kappa shape index (κ3) is 2.70. The minimum atomic E-state index is -0.376. The van der Waals surface area contributed by atoms with Gasteiger partial charge in [-0.2, -0.15) is 0 Å². The Balaban J connectivity index is 3.05. The van der Waals surface area contributed by atoms with E-state index in [2.05, 4.69) is 5.32 Å². The van der Waals surface area contributed by atoms with Crippen LogP contribution in [-0.4, -0.2) is 17.5 Å². The van der Waals surface area contributed by atoms with Crippen LogP contribution in [0.3, 0.4) is 0 Å². The van der Waals surface area contributed by atoms with Gasteiger partial charge in [-0.3, -0.25) is 10.1 Å². The molecule has 1 aromatic carbocycles. The Kier molecular flexibility index (Phi) is 4.25. The van der Waals surface area contributed by atoms with Crippen LogP contribution < -0.4 is 11.1 Å². The fourth-order valence-electron chi connectivity index (χ4n) is 1.52. The van der Waals surface area contributed by atoms with Crippen LogP contribution in [0.4, 0.5) is 11.4 Å². The van der Waals surface area contributed by atoms with Gasteiger partial charge in [0.2, 0.25) is 0 Å². The molecule has 0 aromatic heterocycles. The van der Waals surface area contributed by atoms with Gasteiger partial charge >= 0.3 is 0 Å². The zero-order valence-corrected chi connectivity index (χ0v) is 9.56. The van der Waals surface area contributed by atoms with Crippen molar-refractivity contribution in [2.75, 3.05) is 11.9 Å². The zero-order chi connectivity index (χ0) is 12.1. The van der Waals surface area contributed by atoms with E-state index in [1.54, 1.807) is 6.07 Å². The van der Waals surface area contributed by atoms with E-state index in [4.69, 9.17) is 5.73 Å². The maximum Gasteiger partial charge on any atom is 0.292 e.